The number of piperidine rings is 1. The number of aromatic nitrogens is 3. The molecule has 0 spiro atoms. The number of nitrogens with two attached hydrogens (primary N) is 1. The fraction of sp³-hybridized carbons (Fsp3) is 0.640. The molecule has 2 heterocycles. The van der Waals surface area contributed by atoms with E-state index in [-0.39, 0.29) is 17.8 Å². The Kier molecular flexibility index (Phi) is 7.63. The number of nitrogens with zero attached hydrogens (tertiary/aromatic N) is 6. The number of anilines is 4. The van der Waals surface area contributed by atoms with E-state index in [0.717, 1.165) is 62.9 Å². The minimum atomic E-state index is -0.181. The molecule has 1 saturated heterocycles. The summed E-state index contributed by atoms with van der Waals surface area (Å²) >= 11 is 0. The zero-order valence-electron chi connectivity index (χ0n) is 20.3. The third kappa shape index (κ3) is 5.54. The molecular weight excluding hydrogens is 417 g/mol. The highest BCUT2D eigenvalue weighted by atomic mass is 19.1. The zero-order valence-corrected chi connectivity index (χ0v) is 20.3. The molecule has 2 N–H and O–H groups in total. The van der Waals surface area contributed by atoms with E-state index in [2.05, 4.69) is 31.7 Å². The van der Waals surface area contributed by atoms with Crippen molar-refractivity contribution in [1.29, 1.82) is 0 Å². The van der Waals surface area contributed by atoms with Crippen molar-refractivity contribution in [2.75, 3.05) is 42.7 Å². The van der Waals surface area contributed by atoms with Gasteiger partial charge in [0, 0.05) is 24.8 Å². The molecule has 1 aliphatic heterocycles. The highest BCUT2D eigenvalue weighted by Crippen LogP contribution is 2.34. The number of halogens is 1. The molecule has 7 nitrogen and oxygen atoms in total. The second kappa shape index (κ2) is 10.6. The molecule has 4 rings (SSSR count). The summed E-state index contributed by atoms with van der Waals surface area (Å²) in [7, 11) is 4.20. The number of likely N-dealkylation sites (tertiary alicyclic amines) is 1. The van der Waals surface area contributed by atoms with Gasteiger partial charge in [-0.2, -0.15) is 15.0 Å². The molecule has 2 aliphatic rings. The largest absolute Gasteiger partial charge is 0.368 e. The number of rotatable bonds is 6. The van der Waals surface area contributed by atoms with Crippen molar-refractivity contribution in [3.63, 3.8) is 0 Å². The van der Waals surface area contributed by atoms with E-state index in [4.69, 9.17) is 10.7 Å². The Balaban J connectivity index is 1.71. The van der Waals surface area contributed by atoms with E-state index in [1.54, 1.807) is 6.07 Å². The van der Waals surface area contributed by atoms with Crippen LogP contribution >= 0.6 is 0 Å². The van der Waals surface area contributed by atoms with Gasteiger partial charge >= 0.3 is 0 Å². The molecule has 2 fully saturated rings. The molecular formula is C25H38FN7. The molecule has 0 bridgehead atoms. The van der Waals surface area contributed by atoms with Gasteiger partial charge in [0.2, 0.25) is 17.8 Å². The highest BCUT2D eigenvalue weighted by molar-refractivity contribution is 5.61. The van der Waals surface area contributed by atoms with Crippen LogP contribution in [-0.4, -0.2) is 59.1 Å². The van der Waals surface area contributed by atoms with Gasteiger partial charge in [-0.1, -0.05) is 38.7 Å². The first kappa shape index (κ1) is 23.7. The van der Waals surface area contributed by atoms with E-state index in [1.165, 1.54) is 12.8 Å². The summed E-state index contributed by atoms with van der Waals surface area (Å²) in [5.74, 6) is 1.14. The lowest BCUT2D eigenvalue weighted by Gasteiger charge is -2.36. The lowest BCUT2D eigenvalue weighted by atomic mass is 10.0. The second-order valence-electron chi connectivity index (χ2n) is 9.58. The fourth-order valence-corrected chi connectivity index (χ4v) is 5.16. The summed E-state index contributed by atoms with van der Waals surface area (Å²) in [6, 6.07) is 6.08. The maximum Gasteiger partial charge on any atom is 0.236 e. The number of hydrogen-bond acceptors (Lipinski definition) is 7. The molecule has 8 heteroatoms. The van der Waals surface area contributed by atoms with Crippen molar-refractivity contribution in [2.45, 2.75) is 76.8 Å². The monoisotopic (exact) mass is 455 g/mol. The third-order valence-electron chi connectivity index (χ3n) is 7.28. The van der Waals surface area contributed by atoms with E-state index < -0.39 is 0 Å². The average Bonchev–Trinajstić information content (AvgIpc) is 3.08. The van der Waals surface area contributed by atoms with Crippen molar-refractivity contribution < 1.29 is 4.39 Å². The van der Waals surface area contributed by atoms with Crippen molar-refractivity contribution >= 4 is 23.5 Å². The Hall–Kier alpha value is -2.48. The first-order valence-corrected chi connectivity index (χ1v) is 12.5. The first-order chi connectivity index (χ1) is 16.0. The molecule has 0 atom stereocenters. The summed E-state index contributed by atoms with van der Waals surface area (Å²) in [4.78, 5) is 20.5. The highest BCUT2D eigenvalue weighted by Gasteiger charge is 2.28. The topological polar surface area (TPSA) is 74.4 Å². The lowest BCUT2D eigenvalue weighted by Crippen LogP contribution is -2.43. The smallest absolute Gasteiger partial charge is 0.236 e. The van der Waals surface area contributed by atoms with Crippen LogP contribution in [0.15, 0.2) is 18.2 Å². The fourth-order valence-electron chi connectivity index (χ4n) is 5.16. The van der Waals surface area contributed by atoms with Gasteiger partial charge in [-0.15, -0.1) is 0 Å². The summed E-state index contributed by atoms with van der Waals surface area (Å²) in [5.41, 5.74) is 7.71. The SMILES string of the molecule is CCc1ccc(N(c2nc(N)nc(N(C)C3CCN(C)CC3)n2)C2CCCCCC2)cc1F. The van der Waals surface area contributed by atoms with Crippen LogP contribution in [0.25, 0.3) is 0 Å². The van der Waals surface area contributed by atoms with Crippen LogP contribution in [0, 0.1) is 5.82 Å². The van der Waals surface area contributed by atoms with Crippen LogP contribution in [-0.2, 0) is 6.42 Å². The van der Waals surface area contributed by atoms with E-state index in [9.17, 15) is 4.39 Å². The first-order valence-electron chi connectivity index (χ1n) is 12.5. The predicted octanol–water partition coefficient (Wildman–Crippen LogP) is 4.55. The molecule has 1 saturated carbocycles. The molecule has 1 aromatic heterocycles. The summed E-state index contributed by atoms with van der Waals surface area (Å²) in [6.45, 7) is 4.08. The number of hydrogen-bond donors (Lipinski definition) is 1. The Bertz CT molecular complexity index is 921. The number of benzene rings is 1. The molecule has 1 aliphatic carbocycles. The van der Waals surface area contributed by atoms with E-state index in [0.29, 0.717) is 24.4 Å². The van der Waals surface area contributed by atoms with Gasteiger partial charge in [-0.3, -0.25) is 0 Å². The molecule has 33 heavy (non-hydrogen) atoms. The molecule has 0 unspecified atom stereocenters. The van der Waals surface area contributed by atoms with Crippen LogP contribution in [0.4, 0.5) is 27.9 Å². The quantitative estimate of drug-likeness (QED) is 0.641. The third-order valence-corrected chi connectivity index (χ3v) is 7.28. The lowest BCUT2D eigenvalue weighted by molar-refractivity contribution is 0.252. The molecule has 180 valence electrons. The second-order valence-corrected chi connectivity index (χ2v) is 9.58. The van der Waals surface area contributed by atoms with Crippen LogP contribution in [0.1, 0.15) is 63.9 Å². The Morgan fingerprint density at radius 1 is 0.970 bits per heavy atom. The van der Waals surface area contributed by atoms with Gasteiger partial charge in [-0.05, 0) is 69.9 Å². The minimum Gasteiger partial charge on any atom is -0.368 e. The minimum absolute atomic E-state index is 0.181. The van der Waals surface area contributed by atoms with Gasteiger partial charge < -0.3 is 20.4 Å². The Morgan fingerprint density at radius 3 is 2.27 bits per heavy atom. The van der Waals surface area contributed by atoms with Crippen molar-refractivity contribution in [3.05, 3.63) is 29.6 Å². The maximum absolute atomic E-state index is 14.8. The van der Waals surface area contributed by atoms with Gasteiger partial charge in [0.05, 0.1) is 0 Å². The summed E-state index contributed by atoms with van der Waals surface area (Å²) in [6.07, 6.45) is 9.62. The molecule has 0 radical (unpaired) electrons. The van der Waals surface area contributed by atoms with Crippen LogP contribution in [0.3, 0.4) is 0 Å². The molecule has 2 aromatic rings. The normalized spacial score (nSPS) is 18.8. The van der Waals surface area contributed by atoms with Crippen molar-refractivity contribution in [1.82, 2.24) is 19.9 Å². The Labute approximate surface area is 197 Å². The average molecular weight is 456 g/mol. The summed E-state index contributed by atoms with van der Waals surface area (Å²) in [5, 5.41) is 0. The van der Waals surface area contributed by atoms with Crippen molar-refractivity contribution in [2.24, 2.45) is 0 Å². The van der Waals surface area contributed by atoms with Crippen LogP contribution in [0.2, 0.25) is 0 Å². The van der Waals surface area contributed by atoms with Gasteiger partial charge in [-0.25, -0.2) is 4.39 Å². The summed E-state index contributed by atoms with van der Waals surface area (Å²) < 4.78 is 14.8. The Morgan fingerprint density at radius 2 is 1.64 bits per heavy atom. The van der Waals surface area contributed by atoms with Gasteiger partial charge in [0.25, 0.3) is 0 Å². The standard InChI is InChI=1S/C25H38FN7/c1-4-18-11-12-21(17-22(18)26)33(20-9-7-5-6-8-10-20)25-29-23(27)28-24(30-25)32(3)19-13-15-31(2)16-14-19/h11-12,17,19-20H,4-10,13-16H2,1-3H3,(H2,27,28,29,30). The maximum atomic E-state index is 14.8. The van der Waals surface area contributed by atoms with Gasteiger partial charge in [0.1, 0.15) is 5.82 Å². The number of nitrogen functional groups attached to an aromatic ring is 1. The molecule has 0 amide bonds. The predicted molar refractivity (Wildman–Crippen MR) is 133 cm³/mol. The van der Waals surface area contributed by atoms with Gasteiger partial charge in [0.15, 0.2) is 0 Å². The zero-order chi connectivity index (χ0) is 23.4. The number of aryl methyl sites for hydroxylation is 1. The van der Waals surface area contributed by atoms with Crippen LogP contribution < -0.4 is 15.5 Å². The molecule has 1 aromatic carbocycles. The van der Waals surface area contributed by atoms with E-state index >= 15 is 0 Å². The van der Waals surface area contributed by atoms with Crippen molar-refractivity contribution in [3.8, 4) is 0 Å². The van der Waals surface area contributed by atoms with E-state index in [1.807, 2.05) is 26.1 Å². The van der Waals surface area contributed by atoms with Crippen LogP contribution in [0.5, 0.6) is 0 Å².